The summed E-state index contributed by atoms with van der Waals surface area (Å²) in [6.07, 6.45) is 1.10. The van der Waals surface area contributed by atoms with Crippen LogP contribution < -0.4 is 10.6 Å². The summed E-state index contributed by atoms with van der Waals surface area (Å²) < 4.78 is 0. The van der Waals surface area contributed by atoms with Gasteiger partial charge in [-0.25, -0.2) is 0 Å². The average molecular weight is 262 g/mol. The standard InChI is InChI=1S/C17H30N2/c1-14(2)17(3,4)13-19-12-16-9-7-6-8-15(16)10-11-18-5/h6-9,14,18-19H,10-13H2,1-5H3. The van der Waals surface area contributed by atoms with E-state index in [-0.39, 0.29) is 0 Å². The van der Waals surface area contributed by atoms with Gasteiger partial charge in [0.2, 0.25) is 0 Å². The van der Waals surface area contributed by atoms with Crippen molar-refractivity contribution >= 4 is 0 Å². The van der Waals surface area contributed by atoms with Crippen molar-refractivity contribution in [3.05, 3.63) is 35.4 Å². The third-order valence-electron chi connectivity index (χ3n) is 4.22. The molecule has 0 fully saturated rings. The summed E-state index contributed by atoms with van der Waals surface area (Å²) in [6, 6.07) is 8.74. The van der Waals surface area contributed by atoms with Gasteiger partial charge in [0.1, 0.15) is 0 Å². The molecular weight excluding hydrogens is 232 g/mol. The molecular formula is C17H30N2. The van der Waals surface area contributed by atoms with E-state index >= 15 is 0 Å². The number of hydrogen-bond acceptors (Lipinski definition) is 2. The van der Waals surface area contributed by atoms with Crippen molar-refractivity contribution in [2.24, 2.45) is 11.3 Å². The van der Waals surface area contributed by atoms with Gasteiger partial charge in [-0.2, -0.15) is 0 Å². The monoisotopic (exact) mass is 262 g/mol. The van der Waals surface area contributed by atoms with Crippen LogP contribution in [-0.2, 0) is 13.0 Å². The van der Waals surface area contributed by atoms with Gasteiger partial charge >= 0.3 is 0 Å². The lowest BCUT2D eigenvalue weighted by Crippen LogP contribution is -2.33. The Kier molecular flexibility index (Phi) is 6.53. The van der Waals surface area contributed by atoms with Crippen molar-refractivity contribution < 1.29 is 0 Å². The number of rotatable bonds is 8. The first-order chi connectivity index (χ1) is 8.97. The predicted molar refractivity (Wildman–Crippen MR) is 84.4 cm³/mol. The summed E-state index contributed by atoms with van der Waals surface area (Å²) in [4.78, 5) is 0. The number of benzene rings is 1. The van der Waals surface area contributed by atoms with Crippen LogP contribution in [0.4, 0.5) is 0 Å². The zero-order chi connectivity index (χ0) is 14.3. The van der Waals surface area contributed by atoms with E-state index in [9.17, 15) is 0 Å². The summed E-state index contributed by atoms with van der Waals surface area (Å²) >= 11 is 0. The highest BCUT2D eigenvalue weighted by atomic mass is 14.9. The maximum atomic E-state index is 3.62. The lowest BCUT2D eigenvalue weighted by molar-refractivity contribution is 0.238. The highest BCUT2D eigenvalue weighted by molar-refractivity contribution is 5.27. The van der Waals surface area contributed by atoms with Crippen LogP contribution in [-0.4, -0.2) is 20.1 Å². The van der Waals surface area contributed by atoms with Crippen LogP contribution in [0, 0.1) is 11.3 Å². The van der Waals surface area contributed by atoms with Crippen LogP contribution in [0.1, 0.15) is 38.8 Å². The summed E-state index contributed by atoms with van der Waals surface area (Å²) in [5.74, 6) is 0.694. The van der Waals surface area contributed by atoms with Gasteiger partial charge in [-0.15, -0.1) is 0 Å². The largest absolute Gasteiger partial charge is 0.319 e. The molecule has 2 nitrogen and oxygen atoms in total. The third-order valence-corrected chi connectivity index (χ3v) is 4.22. The van der Waals surface area contributed by atoms with Gasteiger partial charge in [0.25, 0.3) is 0 Å². The van der Waals surface area contributed by atoms with Gasteiger partial charge in [0.15, 0.2) is 0 Å². The van der Waals surface area contributed by atoms with Crippen LogP contribution in [0.25, 0.3) is 0 Å². The minimum absolute atomic E-state index is 0.347. The minimum Gasteiger partial charge on any atom is -0.319 e. The fourth-order valence-electron chi connectivity index (χ4n) is 1.96. The molecule has 0 aliphatic rings. The first-order valence-electron chi connectivity index (χ1n) is 7.39. The molecule has 0 atom stereocenters. The molecule has 1 aromatic rings. The molecule has 108 valence electrons. The molecule has 1 rings (SSSR count). The fraction of sp³-hybridized carbons (Fsp3) is 0.647. The fourth-order valence-corrected chi connectivity index (χ4v) is 1.96. The second-order valence-corrected chi connectivity index (χ2v) is 6.37. The van der Waals surface area contributed by atoms with Crippen molar-refractivity contribution in [2.75, 3.05) is 20.1 Å². The SMILES string of the molecule is CNCCc1ccccc1CNCC(C)(C)C(C)C. The van der Waals surface area contributed by atoms with Crippen molar-refractivity contribution in [1.82, 2.24) is 10.6 Å². The molecule has 0 unspecified atom stereocenters. The van der Waals surface area contributed by atoms with Crippen molar-refractivity contribution in [2.45, 2.75) is 40.7 Å². The molecule has 0 heterocycles. The van der Waals surface area contributed by atoms with Gasteiger partial charge in [0, 0.05) is 13.1 Å². The van der Waals surface area contributed by atoms with Crippen molar-refractivity contribution in [3.63, 3.8) is 0 Å². The van der Waals surface area contributed by atoms with Crippen LogP contribution in [0.15, 0.2) is 24.3 Å². The first kappa shape index (κ1) is 16.2. The van der Waals surface area contributed by atoms with E-state index in [4.69, 9.17) is 0 Å². The Morgan fingerprint density at radius 1 is 1.11 bits per heavy atom. The summed E-state index contributed by atoms with van der Waals surface area (Å²) in [7, 11) is 2.01. The van der Waals surface area contributed by atoms with Gasteiger partial charge in [0.05, 0.1) is 0 Å². The predicted octanol–water partition coefficient (Wildman–Crippen LogP) is 3.22. The van der Waals surface area contributed by atoms with E-state index in [0.717, 1.165) is 26.1 Å². The Balaban J connectivity index is 2.53. The third kappa shape index (κ3) is 5.33. The maximum absolute atomic E-state index is 3.62. The topological polar surface area (TPSA) is 24.1 Å². The molecule has 0 amide bonds. The van der Waals surface area contributed by atoms with Gasteiger partial charge in [-0.3, -0.25) is 0 Å². The van der Waals surface area contributed by atoms with E-state index in [1.54, 1.807) is 0 Å². The van der Waals surface area contributed by atoms with Gasteiger partial charge < -0.3 is 10.6 Å². The molecule has 0 spiro atoms. The molecule has 0 saturated carbocycles. The zero-order valence-electron chi connectivity index (χ0n) is 13.2. The lowest BCUT2D eigenvalue weighted by Gasteiger charge is -2.29. The summed E-state index contributed by atoms with van der Waals surface area (Å²) in [5, 5.41) is 6.84. The van der Waals surface area contributed by atoms with E-state index in [1.807, 2.05) is 7.05 Å². The highest BCUT2D eigenvalue weighted by Gasteiger charge is 2.21. The Bertz CT molecular complexity index is 369. The number of nitrogens with one attached hydrogen (secondary N) is 2. The summed E-state index contributed by atoms with van der Waals surface area (Å²) in [6.45, 7) is 12.3. The molecule has 0 aliphatic carbocycles. The highest BCUT2D eigenvalue weighted by Crippen LogP contribution is 2.24. The Hall–Kier alpha value is -0.860. The van der Waals surface area contributed by atoms with Crippen LogP contribution in [0.3, 0.4) is 0 Å². The maximum Gasteiger partial charge on any atom is 0.0208 e. The molecule has 19 heavy (non-hydrogen) atoms. The van der Waals surface area contributed by atoms with Crippen molar-refractivity contribution in [1.29, 1.82) is 0 Å². The van der Waals surface area contributed by atoms with E-state index in [0.29, 0.717) is 11.3 Å². The quantitative estimate of drug-likeness (QED) is 0.751. The molecule has 0 radical (unpaired) electrons. The Morgan fingerprint density at radius 2 is 1.74 bits per heavy atom. The number of hydrogen-bond donors (Lipinski definition) is 2. The molecule has 2 heteroatoms. The molecule has 0 aromatic heterocycles. The van der Waals surface area contributed by atoms with E-state index in [1.165, 1.54) is 11.1 Å². The van der Waals surface area contributed by atoms with E-state index in [2.05, 4.69) is 62.6 Å². The molecule has 0 aliphatic heterocycles. The molecule has 1 aromatic carbocycles. The Morgan fingerprint density at radius 3 is 2.32 bits per heavy atom. The van der Waals surface area contributed by atoms with Crippen LogP contribution >= 0.6 is 0 Å². The number of likely N-dealkylation sites (N-methyl/N-ethyl adjacent to an activating group) is 1. The molecule has 2 N–H and O–H groups in total. The second kappa shape index (κ2) is 7.66. The van der Waals surface area contributed by atoms with Gasteiger partial charge in [-0.1, -0.05) is 52.0 Å². The smallest absolute Gasteiger partial charge is 0.0208 e. The Labute approximate surface area is 119 Å². The summed E-state index contributed by atoms with van der Waals surface area (Å²) in [5.41, 5.74) is 3.23. The normalized spacial score (nSPS) is 12.1. The molecule has 0 saturated heterocycles. The zero-order valence-corrected chi connectivity index (χ0v) is 13.2. The van der Waals surface area contributed by atoms with Gasteiger partial charge in [-0.05, 0) is 42.5 Å². The average Bonchev–Trinajstić information content (AvgIpc) is 2.37. The second-order valence-electron chi connectivity index (χ2n) is 6.37. The van der Waals surface area contributed by atoms with Crippen molar-refractivity contribution in [3.8, 4) is 0 Å². The first-order valence-corrected chi connectivity index (χ1v) is 7.39. The van der Waals surface area contributed by atoms with E-state index < -0.39 is 0 Å². The van der Waals surface area contributed by atoms with Crippen LogP contribution in [0.5, 0.6) is 0 Å². The van der Waals surface area contributed by atoms with Crippen LogP contribution in [0.2, 0.25) is 0 Å². The minimum atomic E-state index is 0.347. The molecule has 0 bridgehead atoms. The lowest BCUT2D eigenvalue weighted by atomic mass is 9.81.